The van der Waals surface area contributed by atoms with Crippen LogP contribution in [0.2, 0.25) is 0 Å². The van der Waals surface area contributed by atoms with Gasteiger partial charge in [0, 0.05) is 78.4 Å². The summed E-state index contributed by atoms with van der Waals surface area (Å²) in [6, 6.07) is 59.9. The van der Waals surface area contributed by atoms with Gasteiger partial charge in [-0.2, -0.15) is 13.4 Å². The number of anilines is 1. The van der Waals surface area contributed by atoms with Crippen molar-refractivity contribution < 1.29 is 16.5 Å². The minimum absolute atomic E-state index is 0. The maximum atomic E-state index is 5.44. The van der Waals surface area contributed by atoms with Crippen molar-refractivity contribution in [3.63, 3.8) is 0 Å². The third-order valence-corrected chi connectivity index (χ3v) is 11.8. The zero-order valence-corrected chi connectivity index (χ0v) is 53.5. The van der Waals surface area contributed by atoms with E-state index in [1.807, 2.05) is 106 Å². The number of H-pyrrole nitrogens is 5. The predicted octanol–water partition coefficient (Wildman–Crippen LogP) is 16.7. The molecular weight excluding hydrogens is 1100 g/mol. The molecule has 6 heterocycles. The molecule has 13 rings (SSSR count). The molecule has 0 bridgehead atoms. The zero-order chi connectivity index (χ0) is 59.5. The molecule has 0 amide bonds. The standard InChI is InChI=1S/C8H9N.2C8H7N.2C8H10.2C7H9N.3C4H6N2.2CH4.2CH3.H3N.HPS.H2S/c3*1-2-4-8-7(3-1)5-6-9-8;1-7-4-3-5-8(2)6-7;1-7-5-3-4-6-8(7)2;2*1-6-4-2-3-5-7(6)8;3*1-4-2-5-3-6-4;;;;;;1-2;/h1-4,9H,5-6H2;1-4,6H,5H2;1-6,9H;2*3-6H,1-2H3;2*2-5H,8H2,1H3;3*2-3H,1H3,(H,5,6);2*1H4;3*1H3;1H;1H2/q;;;;;;;;;;;;2*-1;;;/p+3/i/hD. The van der Waals surface area contributed by atoms with Crippen molar-refractivity contribution in [2.75, 3.05) is 11.9 Å². The molecule has 2 aliphatic heterocycles. The summed E-state index contributed by atoms with van der Waals surface area (Å²) >= 11 is 6.67. The molecule has 15 heteroatoms. The number of nitrogens with one attached hydrogen (secondary N) is 6. The summed E-state index contributed by atoms with van der Waals surface area (Å²) < 4.78 is 5.44. The van der Waals surface area contributed by atoms with Crippen molar-refractivity contribution in [1.29, 1.82) is 1.12 Å². The highest BCUT2D eigenvalue weighted by atomic mass is 32.4. The van der Waals surface area contributed by atoms with Crippen molar-refractivity contribution in [3.05, 3.63) is 296 Å². The van der Waals surface area contributed by atoms with Gasteiger partial charge in [-0.1, -0.05) is 177 Å². The third-order valence-electron chi connectivity index (χ3n) is 11.8. The van der Waals surface area contributed by atoms with Gasteiger partial charge in [0.25, 0.3) is 0 Å². The van der Waals surface area contributed by atoms with E-state index in [0.29, 0.717) is 0 Å². The van der Waals surface area contributed by atoms with Gasteiger partial charge in [-0.3, -0.25) is 9.98 Å². The van der Waals surface area contributed by atoms with Crippen LogP contribution < -0.4 is 27.9 Å². The fourth-order valence-electron chi connectivity index (χ4n) is 6.99. The van der Waals surface area contributed by atoms with Crippen LogP contribution in [0.3, 0.4) is 0 Å². The summed E-state index contributed by atoms with van der Waals surface area (Å²) in [4.78, 5) is 26.4. The Labute approximate surface area is 526 Å². The Bertz CT molecular complexity index is 3010. The van der Waals surface area contributed by atoms with Crippen molar-refractivity contribution in [1.82, 2.24) is 36.1 Å². The van der Waals surface area contributed by atoms with E-state index in [1.54, 1.807) is 31.4 Å². The van der Waals surface area contributed by atoms with Crippen LogP contribution in [0.1, 0.15) is 76.4 Å². The lowest BCUT2D eigenvalue weighted by atomic mass is 10.1. The Morgan fingerprint density at radius 1 is 0.529 bits per heavy atom. The number of hydrogen-bond donors (Lipinski definition) is 8. The number of aryl methyl sites for hydroxylation is 9. The first-order valence-electron chi connectivity index (χ1n) is 26.6. The molecule has 0 aliphatic carbocycles. The van der Waals surface area contributed by atoms with Crippen LogP contribution in [0.5, 0.6) is 0 Å². The van der Waals surface area contributed by atoms with Crippen LogP contribution in [-0.4, -0.2) is 43.8 Å². The largest absolute Gasteiger partial charge is 0.384 e. The Hall–Kier alpha value is -8.07. The van der Waals surface area contributed by atoms with Gasteiger partial charge in [0.1, 0.15) is 23.3 Å². The molecule has 0 saturated heterocycles. The number of benzene rings is 7. The highest BCUT2D eigenvalue weighted by Gasteiger charge is 2.06. The topological polar surface area (TPSA) is 218 Å². The van der Waals surface area contributed by atoms with E-state index in [9.17, 15) is 0 Å². The number of imidazole rings is 3. The number of hydrogen-bond acceptors (Lipinski definition) is 6. The van der Waals surface area contributed by atoms with E-state index in [2.05, 4.69) is 241 Å². The number of quaternary nitrogens is 2. The monoisotopic (exact) mass is 1210 g/mol. The highest BCUT2D eigenvalue weighted by Crippen LogP contribution is 2.22. The molecular formula is C70H102N12PS2+. The molecule has 458 valence electrons. The first-order chi connectivity index (χ1) is 39.3. The Morgan fingerprint density at radius 2 is 1.00 bits per heavy atom. The molecule has 2 aliphatic rings. The van der Waals surface area contributed by atoms with Crippen LogP contribution in [-0.2, 0) is 24.6 Å². The lowest BCUT2D eigenvalue weighted by molar-refractivity contribution is -0.376. The zero-order valence-electron chi connectivity index (χ0n) is 51.8. The molecule has 11 aromatic rings. The highest BCUT2D eigenvalue weighted by molar-refractivity contribution is 7.88. The summed E-state index contributed by atoms with van der Waals surface area (Å²) in [7, 11) is 2.56. The molecule has 0 saturated carbocycles. The number of aromatic nitrogens is 7. The quantitative estimate of drug-likeness (QED) is 0.0547. The van der Waals surface area contributed by atoms with Gasteiger partial charge in [0.15, 0.2) is 0 Å². The second-order valence-electron chi connectivity index (χ2n) is 18.4. The summed E-state index contributed by atoms with van der Waals surface area (Å²) in [6.45, 7) is 19.6. The van der Waals surface area contributed by atoms with E-state index < -0.39 is 0 Å². The van der Waals surface area contributed by atoms with Crippen molar-refractivity contribution in [2.24, 2.45) is 4.99 Å². The van der Waals surface area contributed by atoms with Crippen molar-refractivity contribution in [2.45, 2.75) is 90.0 Å². The van der Waals surface area contributed by atoms with Crippen LogP contribution >= 0.6 is 21.4 Å². The molecule has 4 aromatic heterocycles. The minimum atomic E-state index is 0. The Balaban J connectivity index is -0.000000430. The van der Waals surface area contributed by atoms with Gasteiger partial charge in [-0.25, -0.2) is 15.0 Å². The smallest absolute Gasteiger partial charge is 0.239 e. The Morgan fingerprint density at radius 3 is 1.36 bits per heavy atom. The third kappa shape index (κ3) is 36.3. The summed E-state index contributed by atoms with van der Waals surface area (Å²) in [5.41, 5.74) is 27.6. The lowest BCUT2D eigenvalue weighted by Gasteiger charge is -1.94. The molecule has 0 unspecified atom stereocenters. The van der Waals surface area contributed by atoms with Gasteiger partial charge >= 0.3 is 0 Å². The van der Waals surface area contributed by atoms with E-state index >= 15 is 0 Å². The van der Waals surface area contributed by atoms with Gasteiger partial charge in [-0.15, -0.1) is 0 Å². The fraction of sp³-hybridized carbons (Fsp3) is 0.200. The number of rotatable bonds is 0. The van der Waals surface area contributed by atoms with Gasteiger partial charge in [-0.05, 0) is 134 Å². The summed E-state index contributed by atoms with van der Waals surface area (Å²) in [5.74, 6) is 0. The number of fused-ring (bicyclic) bond motifs is 3. The maximum absolute atomic E-state index is 5.44. The van der Waals surface area contributed by atoms with Gasteiger partial charge in [0.05, 0.1) is 19.5 Å². The first-order valence-corrected chi connectivity index (χ1v) is 27.8. The average Bonchev–Trinajstić information content (AvgIpc) is 4.59. The molecule has 0 spiro atoms. The number of aliphatic imine (C=N–C) groups is 1. The van der Waals surface area contributed by atoms with E-state index in [1.165, 1.54) is 67.5 Å². The second-order valence-corrected chi connectivity index (χ2v) is 18.4. The van der Waals surface area contributed by atoms with Crippen LogP contribution in [0.4, 0.5) is 22.7 Å². The minimum Gasteiger partial charge on any atom is -0.384 e. The fourth-order valence-corrected chi connectivity index (χ4v) is 6.99. The molecule has 12 nitrogen and oxygen atoms in total. The second kappa shape index (κ2) is 50.4. The molecule has 85 heavy (non-hydrogen) atoms. The number of aromatic amines is 5. The normalized spacial score (nSPS) is 9.58. The number of nitrogens with zero attached hydrogens (tertiary/aromatic N) is 3. The predicted molar refractivity (Wildman–Crippen MR) is 381 cm³/mol. The van der Waals surface area contributed by atoms with E-state index in [4.69, 9.17) is 1.12 Å². The SMILES string of the molecule is C.C.C1=Nc2ccccc2C1.Cc1c[nH+]c[nH]1.Cc1cccc(C)c1.Cc1ccccc1C.Cc1ccccc1[NH3+].Cc1ccccc1[NH3+].Cc1cnc[nH]1.Cc1cnc[nH]1.N.P=S.[2H]S.[CH3-].[CH3-].c1ccc2[nH]ccc2c1.c1ccc2c(c1)CCN2. The number of para-hydroxylation sites is 3. The summed E-state index contributed by atoms with van der Waals surface area (Å²) in [5, 5.41) is 4.58. The van der Waals surface area contributed by atoms with Gasteiger partial charge < -0.3 is 52.7 Å². The maximum Gasteiger partial charge on any atom is 0.239 e. The average molecular weight is 1210 g/mol. The van der Waals surface area contributed by atoms with Crippen LogP contribution in [0, 0.1) is 77.2 Å². The molecule has 7 aromatic carbocycles. The molecule has 0 fully saturated rings. The lowest BCUT2D eigenvalue weighted by Crippen LogP contribution is -2.40. The van der Waals surface area contributed by atoms with Crippen LogP contribution in [0.15, 0.2) is 225 Å². The Kier molecular flexibility index (Phi) is 48.2. The van der Waals surface area contributed by atoms with E-state index in [-0.39, 0.29) is 35.9 Å². The van der Waals surface area contributed by atoms with Crippen molar-refractivity contribution >= 4 is 73.1 Å². The summed E-state index contributed by atoms with van der Waals surface area (Å²) in [6.07, 6.45) is 16.7. The first kappa shape index (κ1) is 81.1. The molecule has 0 atom stereocenters. The van der Waals surface area contributed by atoms with Gasteiger partial charge in [0.2, 0.25) is 6.33 Å². The molecule has 15 N–H and O–H groups in total. The van der Waals surface area contributed by atoms with E-state index in [0.717, 1.165) is 47.1 Å². The van der Waals surface area contributed by atoms with Crippen LogP contribution in [0.25, 0.3) is 10.9 Å². The van der Waals surface area contributed by atoms with Crippen molar-refractivity contribution in [3.8, 4) is 0 Å². The molecule has 0 radical (unpaired) electrons.